The van der Waals surface area contributed by atoms with Gasteiger partial charge in [0.1, 0.15) is 11.3 Å². The van der Waals surface area contributed by atoms with Gasteiger partial charge in [0.15, 0.2) is 6.61 Å². The second kappa shape index (κ2) is 5.01. The number of isocyanates is 1. The van der Waals surface area contributed by atoms with Crippen molar-refractivity contribution in [2.24, 2.45) is 4.99 Å². The van der Waals surface area contributed by atoms with Crippen LogP contribution in [0.5, 0.6) is 5.75 Å². The third kappa shape index (κ3) is 2.53. The second-order valence-corrected chi connectivity index (χ2v) is 3.22. The second-order valence-electron chi connectivity index (χ2n) is 3.22. The highest BCUT2D eigenvalue weighted by Gasteiger charge is 2.05. The van der Waals surface area contributed by atoms with Gasteiger partial charge in [0, 0.05) is 11.6 Å². The number of amides is 1. The third-order valence-corrected chi connectivity index (χ3v) is 2.12. The molecule has 1 aromatic heterocycles. The Balaban J connectivity index is 2.24. The lowest BCUT2D eigenvalue weighted by atomic mass is 10.2. The van der Waals surface area contributed by atoms with Crippen LogP contribution < -0.4 is 4.74 Å². The smallest absolute Gasteiger partial charge is 0.294 e. The zero-order valence-electron chi connectivity index (χ0n) is 8.79. The molecular formula is C12H8N2O3. The molecule has 1 heterocycles. The number of fused-ring (bicyclic) bond motifs is 1. The summed E-state index contributed by atoms with van der Waals surface area (Å²) in [5, 5.41) is 0.913. The molecular weight excluding hydrogens is 220 g/mol. The molecule has 5 nitrogen and oxygen atoms in total. The number of aromatic nitrogens is 1. The molecule has 2 aromatic rings. The molecule has 84 valence electrons. The van der Waals surface area contributed by atoms with Gasteiger partial charge in [-0.3, -0.25) is 9.78 Å². The number of hydrogen-bond acceptors (Lipinski definition) is 4. The number of carbonyl (C=O) groups is 1. The normalized spacial score (nSPS) is 9.65. The highest BCUT2D eigenvalue weighted by molar-refractivity contribution is 5.86. The maximum absolute atomic E-state index is 11.0. The van der Waals surface area contributed by atoms with E-state index >= 15 is 0 Å². The van der Waals surface area contributed by atoms with Crippen LogP contribution in [0.15, 0.2) is 41.5 Å². The first-order chi connectivity index (χ1) is 8.31. The van der Waals surface area contributed by atoms with Crippen molar-refractivity contribution in [2.75, 3.05) is 6.61 Å². The molecule has 17 heavy (non-hydrogen) atoms. The molecule has 0 saturated heterocycles. The first kappa shape index (κ1) is 11.0. The SMILES string of the molecule is O=C=NC(=O)COc1cccc2cccnc12. The molecule has 0 aliphatic rings. The van der Waals surface area contributed by atoms with Crippen molar-refractivity contribution in [1.82, 2.24) is 4.98 Å². The highest BCUT2D eigenvalue weighted by Crippen LogP contribution is 2.22. The van der Waals surface area contributed by atoms with Crippen LogP contribution in [0.2, 0.25) is 0 Å². The third-order valence-electron chi connectivity index (χ3n) is 2.12. The lowest BCUT2D eigenvalue weighted by molar-refractivity contribution is -0.119. The summed E-state index contributed by atoms with van der Waals surface area (Å²) in [6.45, 7) is -0.301. The topological polar surface area (TPSA) is 68.6 Å². The number of benzene rings is 1. The molecule has 0 atom stereocenters. The van der Waals surface area contributed by atoms with Crippen molar-refractivity contribution in [3.63, 3.8) is 0 Å². The number of hydrogen-bond donors (Lipinski definition) is 0. The van der Waals surface area contributed by atoms with Crippen molar-refractivity contribution in [2.45, 2.75) is 0 Å². The van der Waals surface area contributed by atoms with Crippen LogP contribution in [0.3, 0.4) is 0 Å². The summed E-state index contributed by atoms with van der Waals surface area (Å²) >= 11 is 0. The Morgan fingerprint density at radius 3 is 3.00 bits per heavy atom. The first-order valence-electron chi connectivity index (χ1n) is 4.88. The number of carbonyl (C=O) groups excluding carboxylic acids is 2. The van der Waals surface area contributed by atoms with Crippen LogP contribution in [-0.2, 0) is 9.59 Å². The van der Waals surface area contributed by atoms with Crippen molar-refractivity contribution < 1.29 is 14.3 Å². The zero-order chi connectivity index (χ0) is 12.1. The van der Waals surface area contributed by atoms with E-state index in [0.29, 0.717) is 11.3 Å². The molecule has 0 bridgehead atoms. The molecule has 0 spiro atoms. The van der Waals surface area contributed by atoms with Gasteiger partial charge < -0.3 is 4.74 Å². The average molecular weight is 228 g/mol. The molecule has 1 aromatic carbocycles. The molecule has 0 aliphatic heterocycles. The van der Waals surface area contributed by atoms with E-state index in [1.807, 2.05) is 18.2 Å². The van der Waals surface area contributed by atoms with Gasteiger partial charge in [-0.1, -0.05) is 18.2 Å². The van der Waals surface area contributed by atoms with E-state index in [-0.39, 0.29) is 6.61 Å². The van der Waals surface area contributed by atoms with Crippen LogP contribution >= 0.6 is 0 Å². The Morgan fingerprint density at radius 2 is 2.18 bits per heavy atom. The lowest BCUT2D eigenvalue weighted by Gasteiger charge is -2.05. The summed E-state index contributed by atoms with van der Waals surface area (Å²) in [5.74, 6) is -0.189. The fourth-order valence-electron chi connectivity index (χ4n) is 1.42. The number of ether oxygens (including phenoxy) is 1. The van der Waals surface area contributed by atoms with Gasteiger partial charge in [-0.15, -0.1) is 4.99 Å². The summed E-state index contributed by atoms with van der Waals surface area (Å²) in [5.41, 5.74) is 0.665. The predicted octanol–water partition coefficient (Wildman–Crippen LogP) is 1.48. The largest absolute Gasteiger partial charge is 0.481 e. The number of nitrogens with zero attached hydrogens (tertiary/aromatic N) is 2. The number of para-hydroxylation sites is 1. The molecule has 1 amide bonds. The van der Waals surface area contributed by atoms with E-state index in [0.717, 1.165) is 5.39 Å². The molecule has 0 fully saturated rings. The van der Waals surface area contributed by atoms with Crippen molar-refractivity contribution in [1.29, 1.82) is 0 Å². The summed E-state index contributed by atoms with van der Waals surface area (Å²) in [6.07, 6.45) is 2.81. The lowest BCUT2D eigenvalue weighted by Crippen LogP contribution is -2.08. The fraction of sp³-hybridized carbons (Fsp3) is 0.0833. The van der Waals surface area contributed by atoms with Gasteiger partial charge in [-0.2, -0.15) is 0 Å². The molecule has 0 saturated carbocycles. The van der Waals surface area contributed by atoms with Gasteiger partial charge in [0.25, 0.3) is 5.91 Å². The average Bonchev–Trinajstić information content (AvgIpc) is 2.36. The van der Waals surface area contributed by atoms with Crippen molar-refractivity contribution in [3.05, 3.63) is 36.5 Å². The van der Waals surface area contributed by atoms with Crippen molar-refractivity contribution >= 4 is 22.9 Å². The van der Waals surface area contributed by atoms with Crippen LogP contribution in [0.4, 0.5) is 0 Å². The fourth-order valence-corrected chi connectivity index (χ4v) is 1.42. The number of rotatable bonds is 3. The summed E-state index contributed by atoms with van der Waals surface area (Å²) in [7, 11) is 0. The Morgan fingerprint density at radius 1 is 1.35 bits per heavy atom. The molecule has 2 rings (SSSR count). The molecule has 0 N–H and O–H groups in total. The molecule has 0 unspecified atom stereocenters. The van der Waals surface area contributed by atoms with Gasteiger partial charge >= 0.3 is 0 Å². The Labute approximate surface area is 96.8 Å². The van der Waals surface area contributed by atoms with E-state index in [2.05, 4.69) is 9.98 Å². The summed E-state index contributed by atoms with van der Waals surface area (Å²) in [4.78, 5) is 27.9. The van der Waals surface area contributed by atoms with Gasteiger partial charge in [0.05, 0.1) is 0 Å². The number of pyridine rings is 1. The highest BCUT2D eigenvalue weighted by atomic mass is 16.5. The van der Waals surface area contributed by atoms with E-state index in [1.165, 1.54) is 6.08 Å². The molecule has 0 aliphatic carbocycles. The zero-order valence-corrected chi connectivity index (χ0v) is 8.79. The predicted molar refractivity (Wildman–Crippen MR) is 60.4 cm³/mol. The van der Waals surface area contributed by atoms with Crippen molar-refractivity contribution in [3.8, 4) is 5.75 Å². The van der Waals surface area contributed by atoms with E-state index in [4.69, 9.17) is 4.74 Å². The number of aliphatic imine (C=N–C) groups is 1. The van der Waals surface area contributed by atoms with Crippen LogP contribution in [-0.4, -0.2) is 23.6 Å². The summed E-state index contributed by atoms with van der Waals surface area (Å²) in [6, 6.07) is 9.09. The van der Waals surface area contributed by atoms with Crippen LogP contribution in [0.25, 0.3) is 10.9 Å². The molecule has 0 radical (unpaired) electrons. The Kier molecular flexibility index (Phi) is 3.23. The first-order valence-corrected chi connectivity index (χ1v) is 4.88. The van der Waals surface area contributed by atoms with Gasteiger partial charge in [-0.25, -0.2) is 4.79 Å². The standard InChI is InChI=1S/C12H8N2O3/c15-8-14-11(16)7-17-10-5-1-3-9-4-2-6-13-12(9)10/h1-6H,7H2. The minimum absolute atomic E-state index is 0.301. The monoisotopic (exact) mass is 228 g/mol. The Hall–Kier alpha value is -2.52. The van der Waals surface area contributed by atoms with Crippen LogP contribution in [0.1, 0.15) is 0 Å². The van der Waals surface area contributed by atoms with E-state index in [9.17, 15) is 9.59 Å². The van der Waals surface area contributed by atoms with E-state index in [1.54, 1.807) is 18.3 Å². The Bertz CT molecular complexity index is 598. The maximum Gasteiger partial charge on any atom is 0.294 e. The minimum Gasteiger partial charge on any atom is -0.481 e. The maximum atomic E-state index is 11.0. The quantitative estimate of drug-likeness (QED) is 0.589. The van der Waals surface area contributed by atoms with Gasteiger partial charge in [0.2, 0.25) is 6.08 Å². The summed E-state index contributed by atoms with van der Waals surface area (Å²) < 4.78 is 5.25. The van der Waals surface area contributed by atoms with Crippen LogP contribution in [0, 0.1) is 0 Å². The van der Waals surface area contributed by atoms with E-state index < -0.39 is 5.91 Å². The minimum atomic E-state index is -0.673. The van der Waals surface area contributed by atoms with Gasteiger partial charge in [-0.05, 0) is 12.1 Å². The molecule has 5 heteroatoms.